The van der Waals surface area contributed by atoms with Gasteiger partial charge in [-0.2, -0.15) is 0 Å². The number of aromatic nitrogens is 1. The highest BCUT2D eigenvalue weighted by Crippen LogP contribution is 2.34. The first kappa shape index (κ1) is 9.85. The molecule has 2 nitrogen and oxygen atoms in total. The molecule has 17 heavy (non-hydrogen) atoms. The van der Waals surface area contributed by atoms with Crippen molar-refractivity contribution in [3.63, 3.8) is 0 Å². The molecule has 1 heterocycles. The smallest absolute Gasteiger partial charge is 0.124 e. The van der Waals surface area contributed by atoms with Crippen molar-refractivity contribution in [2.24, 2.45) is 0 Å². The van der Waals surface area contributed by atoms with Crippen molar-refractivity contribution in [2.45, 2.75) is 0 Å². The van der Waals surface area contributed by atoms with Gasteiger partial charge < -0.3 is 5.11 Å². The van der Waals surface area contributed by atoms with Crippen LogP contribution in [0.15, 0.2) is 49.3 Å². The molecule has 0 unspecified atom stereocenters. The largest absolute Gasteiger partial charge is 0.507 e. The van der Waals surface area contributed by atoms with Gasteiger partial charge in [-0.1, -0.05) is 30.8 Å². The normalized spacial score (nSPS) is 13.4. The molecule has 0 aliphatic heterocycles. The van der Waals surface area contributed by atoms with E-state index in [1.54, 1.807) is 18.5 Å². The third kappa shape index (κ3) is 1.46. The van der Waals surface area contributed by atoms with Crippen LogP contribution in [0.2, 0.25) is 0 Å². The van der Waals surface area contributed by atoms with Crippen LogP contribution in [0, 0.1) is 0 Å². The van der Waals surface area contributed by atoms with E-state index in [0.29, 0.717) is 0 Å². The van der Waals surface area contributed by atoms with Gasteiger partial charge in [0, 0.05) is 23.5 Å². The van der Waals surface area contributed by atoms with E-state index < -0.39 is 0 Å². The van der Waals surface area contributed by atoms with Gasteiger partial charge >= 0.3 is 0 Å². The summed E-state index contributed by atoms with van der Waals surface area (Å²) >= 11 is 0. The molecule has 1 aliphatic rings. The molecule has 2 heteroatoms. The fraction of sp³-hybridized carbons (Fsp3) is 0. The third-order valence-electron chi connectivity index (χ3n) is 3.00. The van der Waals surface area contributed by atoms with Crippen LogP contribution in [-0.4, -0.2) is 10.1 Å². The van der Waals surface area contributed by atoms with Crippen molar-refractivity contribution < 1.29 is 5.11 Å². The first-order valence-corrected chi connectivity index (χ1v) is 5.41. The molecule has 0 spiro atoms. The summed E-state index contributed by atoms with van der Waals surface area (Å²) in [5.41, 5.74) is 4.56. The molecule has 1 aromatic carbocycles. The van der Waals surface area contributed by atoms with Crippen LogP contribution in [0.3, 0.4) is 0 Å². The Bertz CT molecular complexity index is 641. The molecule has 1 N–H and O–H groups in total. The average Bonchev–Trinajstić information content (AvgIpc) is 2.48. The molecule has 1 aromatic heterocycles. The van der Waals surface area contributed by atoms with Crippen LogP contribution >= 0.6 is 0 Å². The van der Waals surface area contributed by atoms with E-state index in [9.17, 15) is 5.11 Å². The van der Waals surface area contributed by atoms with Gasteiger partial charge in [0.25, 0.3) is 0 Å². The minimum absolute atomic E-state index is 0.270. The van der Waals surface area contributed by atoms with E-state index in [4.69, 9.17) is 0 Å². The Morgan fingerprint density at radius 3 is 2.59 bits per heavy atom. The van der Waals surface area contributed by atoms with Gasteiger partial charge in [-0.15, -0.1) is 0 Å². The maximum absolute atomic E-state index is 10.1. The van der Waals surface area contributed by atoms with Crippen molar-refractivity contribution in [3.05, 3.63) is 71.6 Å². The van der Waals surface area contributed by atoms with E-state index >= 15 is 0 Å². The predicted octanol–water partition coefficient (Wildman–Crippen LogP) is 3.51. The maximum atomic E-state index is 10.1. The molecular formula is C15H11NO. The van der Waals surface area contributed by atoms with E-state index in [1.807, 2.05) is 30.3 Å². The van der Waals surface area contributed by atoms with Crippen LogP contribution in [0.5, 0.6) is 0 Å². The van der Waals surface area contributed by atoms with Crippen LogP contribution in [0.1, 0.15) is 22.3 Å². The molecule has 82 valence electrons. The van der Waals surface area contributed by atoms with Gasteiger partial charge in [-0.3, -0.25) is 4.98 Å². The van der Waals surface area contributed by atoms with Gasteiger partial charge in [0.15, 0.2) is 0 Å². The molecule has 0 saturated carbocycles. The number of hydrogen-bond acceptors (Lipinski definition) is 2. The van der Waals surface area contributed by atoms with Gasteiger partial charge in [-0.05, 0) is 28.8 Å². The van der Waals surface area contributed by atoms with Crippen molar-refractivity contribution in [1.29, 1.82) is 0 Å². The van der Waals surface area contributed by atoms with E-state index in [-0.39, 0.29) is 5.76 Å². The molecule has 2 aromatic rings. The van der Waals surface area contributed by atoms with Crippen LogP contribution in [-0.2, 0) is 0 Å². The third-order valence-corrected chi connectivity index (χ3v) is 3.00. The van der Waals surface area contributed by atoms with E-state index in [2.05, 4.69) is 11.6 Å². The first-order valence-electron chi connectivity index (χ1n) is 5.41. The van der Waals surface area contributed by atoms with Crippen LogP contribution in [0.25, 0.3) is 17.4 Å². The minimum atomic E-state index is 0.270. The SMILES string of the molecule is C=C1c2cnccc2C=C(O)c2ccccc21. The van der Waals surface area contributed by atoms with Gasteiger partial charge in [0.2, 0.25) is 0 Å². The standard InChI is InChI=1S/C15H11NO/c1-10-12-4-2-3-5-13(12)15(17)8-11-6-7-16-9-14(10)11/h2-9,17H,1H2. The first-order chi connectivity index (χ1) is 8.27. The van der Waals surface area contributed by atoms with Crippen molar-refractivity contribution in [2.75, 3.05) is 0 Å². The lowest BCUT2D eigenvalue weighted by atomic mass is 9.96. The van der Waals surface area contributed by atoms with Crippen molar-refractivity contribution >= 4 is 17.4 Å². The summed E-state index contributed by atoms with van der Waals surface area (Å²) in [7, 11) is 0. The van der Waals surface area contributed by atoms with E-state index in [1.165, 1.54) is 0 Å². The summed E-state index contributed by atoms with van der Waals surface area (Å²) in [5, 5.41) is 10.1. The predicted molar refractivity (Wildman–Crippen MR) is 69.3 cm³/mol. The Kier molecular flexibility index (Phi) is 2.08. The van der Waals surface area contributed by atoms with Crippen LogP contribution < -0.4 is 0 Å². The summed E-state index contributed by atoms with van der Waals surface area (Å²) in [6, 6.07) is 9.58. The fourth-order valence-corrected chi connectivity index (χ4v) is 2.12. The highest BCUT2D eigenvalue weighted by atomic mass is 16.3. The summed E-state index contributed by atoms with van der Waals surface area (Å²) in [6.45, 7) is 4.11. The second-order valence-electron chi connectivity index (χ2n) is 4.02. The maximum Gasteiger partial charge on any atom is 0.124 e. The Morgan fingerprint density at radius 2 is 1.76 bits per heavy atom. The Labute approximate surface area is 99.6 Å². The number of aliphatic hydroxyl groups excluding tert-OH is 1. The minimum Gasteiger partial charge on any atom is -0.507 e. The fourth-order valence-electron chi connectivity index (χ4n) is 2.12. The number of rotatable bonds is 0. The lowest BCUT2D eigenvalue weighted by molar-refractivity contribution is 0.515. The zero-order chi connectivity index (χ0) is 11.8. The average molecular weight is 221 g/mol. The zero-order valence-electron chi connectivity index (χ0n) is 9.22. The summed E-state index contributed by atoms with van der Waals surface area (Å²) in [4.78, 5) is 4.12. The van der Waals surface area contributed by atoms with Gasteiger partial charge in [0.1, 0.15) is 5.76 Å². The van der Waals surface area contributed by atoms with Crippen LogP contribution in [0.4, 0.5) is 0 Å². The van der Waals surface area contributed by atoms with Crippen molar-refractivity contribution in [1.82, 2.24) is 4.98 Å². The molecule has 0 atom stereocenters. The second kappa shape index (κ2) is 3.59. The number of nitrogens with zero attached hydrogens (tertiary/aromatic N) is 1. The molecule has 3 rings (SSSR count). The number of pyridine rings is 1. The Morgan fingerprint density at radius 1 is 1.00 bits per heavy atom. The molecule has 0 saturated heterocycles. The number of fused-ring (bicyclic) bond motifs is 2. The molecule has 1 aliphatic carbocycles. The Balaban J connectivity index is 2.36. The quantitative estimate of drug-likeness (QED) is 0.738. The molecule has 0 amide bonds. The lowest BCUT2D eigenvalue weighted by Gasteiger charge is -2.08. The zero-order valence-corrected chi connectivity index (χ0v) is 9.22. The summed E-state index contributed by atoms with van der Waals surface area (Å²) < 4.78 is 0. The molecule has 0 radical (unpaired) electrons. The van der Waals surface area contributed by atoms with Gasteiger partial charge in [-0.25, -0.2) is 0 Å². The Hall–Kier alpha value is -2.35. The highest BCUT2D eigenvalue weighted by Gasteiger charge is 2.16. The second-order valence-corrected chi connectivity index (χ2v) is 4.02. The number of benzene rings is 1. The topological polar surface area (TPSA) is 33.1 Å². The summed E-state index contributed by atoms with van der Waals surface area (Å²) in [6.07, 6.45) is 5.25. The molecule has 0 bridgehead atoms. The molecular weight excluding hydrogens is 210 g/mol. The lowest BCUT2D eigenvalue weighted by Crippen LogP contribution is -1.91. The monoisotopic (exact) mass is 221 g/mol. The summed E-state index contributed by atoms with van der Waals surface area (Å²) in [5.74, 6) is 0.270. The number of hydrogen-bond donors (Lipinski definition) is 1. The van der Waals surface area contributed by atoms with Gasteiger partial charge in [0.05, 0.1) is 0 Å². The van der Waals surface area contributed by atoms with E-state index in [0.717, 1.165) is 27.8 Å². The van der Waals surface area contributed by atoms with Crippen molar-refractivity contribution in [3.8, 4) is 0 Å². The highest BCUT2D eigenvalue weighted by molar-refractivity contribution is 5.95. The number of aliphatic hydroxyl groups is 1. The molecule has 0 fully saturated rings.